The molecule has 4 heteroatoms. The summed E-state index contributed by atoms with van der Waals surface area (Å²) >= 11 is 0. The van der Waals surface area contributed by atoms with Gasteiger partial charge in [0.1, 0.15) is 5.82 Å². The zero-order valence-corrected chi connectivity index (χ0v) is 8.39. The van der Waals surface area contributed by atoms with Gasteiger partial charge in [-0.2, -0.15) is 5.10 Å². The van der Waals surface area contributed by atoms with Gasteiger partial charge in [0.15, 0.2) is 0 Å². The molecule has 1 aliphatic rings. The Morgan fingerprint density at radius 1 is 1.38 bits per heavy atom. The van der Waals surface area contributed by atoms with E-state index in [0.717, 1.165) is 24.6 Å². The third-order valence-electron chi connectivity index (χ3n) is 2.62. The number of aromatic amines is 1. The number of anilines is 1. The molecule has 0 bridgehead atoms. The molecule has 72 valence electrons. The van der Waals surface area contributed by atoms with Crippen LogP contribution >= 0.6 is 0 Å². The molecule has 1 aromatic rings. The maximum absolute atomic E-state index is 5.75. The number of nitrogen functional groups attached to an aromatic ring is 1. The second-order valence-electron chi connectivity index (χ2n) is 4.59. The fourth-order valence-electron chi connectivity index (χ4n) is 1.63. The number of H-pyrrole nitrogens is 1. The van der Waals surface area contributed by atoms with Crippen molar-refractivity contribution in [3.05, 3.63) is 11.3 Å². The van der Waals surface area contributed by atoms with Crippen LogP contribution in [0.2, 0.25) is 0 Å². The Morgan fingerprint density at radius 3 is 2.62 bits per heavy atom. The van der Waals surface area contributed by atoms with Crippen molar-refractivity contribution in [2.45, 2.75) is 39.4 Å². The average Bonchev–Trinajstić information content (AvgIpc) is 2.51. The molecule has 1 aliphatic heterocycles. The van der Waals surface area contributed by atoms with Crippen LogP contribution in [-0.4, -0.2) is 20.6 Å². The summed E-state index contributed by atoms with van der Waals surface area (Å²) in [6.45, 7) is 8.45. The van der Waals surface area contributed by atoms with Gasteiger partial charge in [0.05, 0.1) is 5.69 Å². The SMILES string of the molecule is CC(C)(C)N1Cc2n[nH]c(N)c2C1. The van der Waals surface area contributed by atoms with Gasteiger partial charge in [0.25, 0.3) is 0 Å². The first-order chi connectivity index (χ1) is 5.98. The standard InChI is InChI=1S/C9H16N4/c1-9(2,3)13-4-6-7(5-13)11-12-8(6)10/h4-5H2,1-3H3,(H3,10,11,12). The lowest BCUT2D eigenvalue weighted by molar-refractivity contribution is 0.135. The monoisotopic (exact) mass is 180 g/mol. The molecule has 0 saturated carbocycles. The van der Waals surface area contributed by atoms with Crippen molar-refractivity contribution in [2.75, 3.05) is 5.73 Å². The van der Waals surface area contributed by atoms with E-state index in [-0.39, 0.29) is 5.54 Å². The van der Waals surface area contributed by atoms with Gasteiger partial charge >= 0.3 is 0 Å². The number of hydrogen-bond acceptors (Lipinski definition) is 3. The molecule has 0 radical (unpaired) electrons. The summed E-state index contributed by atoms with van der Waals surface area (Å²) in [6, 6.07) is 0. The van der Waals surface area contributed by atoms with Crippen molar-refractivity contribution < 1.29 is 0 Å². The third kappa shape index (κ3) is 1.31. The topological polar surface area (TPSA) is 57.9 Å². The summed E-state index contributed by atoms with van der Waals surface area (Å²) in [4.78, 5) is 2.37. The van der Waals surface area contributed by atoms with Crippen LogP contribution in [0.3, 0.4) is 0 Å². The van der Waals surface area contributed by atoms with Crippen LogP contribution < -0.4 is 5.73 Å². The second kappa shape index (κ2) is 2.48. The Bertz CT molecular complexity index is 321. The first-order valence-corrected chi connectivity index (χ1v) is 4.55. The Balaban J connectivity index is 2.24. The van der Waals surface area contributed by atoms with Gasteiger partial charge in [-0.1, -0.05) is 0 Å². The van der Waals surface area contributed by atoms with Gasteiger partial charge in [-0.05, 0) is 20.8 Å². The Kier molecular flexibility index (Phi) is 1.63. The average molecular weight is 180 g/mol. The number of aromatic nitrogens is 2. The van der Waals surface area contributed by atoms with E-state index in [1.54, 1.807) is 0 Å². The molecule has 0 aromatic carbocycles. The lowest BCUT2D eigenvalue weighted by Crippen LogP contribution is -2.37. The fourth-order valence-corrected chi connectivity index (χ4v) is 1.63. The van der Waals surface area contributed by atoms with Crippen LogP contribution in [0.15, 0.2) is 0 Å². The zero-order chi connectivity index (χ0) is 9.64. The minimum Gasteiger partial charge on any atom is -0.384 e. The number of nitrogens with zero attached hydrogens (tertiary/aromatic N) is 2. The van der Waals surface area contributed by atoms with Crippen molar-refractivity contribution in [3.8, 4) is 0 Å². The first-order valence-electron chi connectivity index (χ1n) is 4.55. The number of nitrogens with one attached hydrogen (secondary N) is 1. The molecule has 2 rings (SSSR count). The van der Waals surface area contributed by atoms with Crippen LogP contribution in [0.25, 0.3) is 0 Å². The fraction of sp³-hybridized carbons (Fsp3) is 0.667. The summed E-state index contributed by atoms with van der Waals surface area (Å²) in [5, 5.41) is 6.98. The quantitative estimate of drug-likeness (QED) is 0.628. The molecule has 4 nitrogen and oxygen atoms in total. The summed E-state index contributed by atoms with van der Waals surface area (Å²) in [6.07, 6.45) is 0. The highest BCUT2D eigenvalue weighted by Gasteiger charge is 2.31. The minimum absolute atomic E-state index is 0.195. The van der Waals surface area contributed by atoms with E-state index in [0.29, 0.717) is 0 Å². The highest BCUT2D eigenvalue weighted by atomic mass is 15.3. The number of rotatable bonds is 0. The van der Waals surface area contributed by atoms with E-state index in [2.05, 4.69) is 35.9 Å². The van der Waals surface area contributed by atoms with Crippen molar-refractivity contribution in [2.24, 2.45) is 0 Å². The second-order valence-corrected chi connectivity index (χ2v) is 4.59. The predicted octanol–water partition coefficient (Wildman–Crippen LogP) is 1.11. The van der Waals surface area contributed by atoms with Crippen molar-refractivity contribution in [3.63, 3.8) is 0 Å². The van der Waals surface area contributed by atoms with Gasteiger partial charge in [-0.15, -0.1) is 0 Å². The van der Waals surface area contributed by atoms with Crippen molar-refractivity contribution >= 4 is 5.82 Å². The van der Waals surface area contributed by atoms with E-state index in [1.807, 2.05) is 0 Å². The van der Waals surface area contributed by atoms with E-state index in [1.165, 1.54) is 5.56 Å². The van der Waals surface area contributed by atoms with Crippen LogP contribution in [0.1, 0.15) is 32.0 Å². The minimum atomic E-state index is 0.195. The normalized spacial score (nSPS) is 17.8. The lowest BCUT2D eigenvalue weighted by Gasteiger charge is -2.31. The Morgan fingerprint density at radius 2 is 2.08 bits per heavy atom. The van der Waals surface area contributed by atoms with Crippen molar-refractivity contribution in [1.29, 1.82) is 0 Å². The lowest BCUT2D eigenvalue weighted by atomic mass is 10.1. The zero-order valence-electron chi connectivity index (χ0n) is 8.39. The van der Waals surface area contributed by atoms with Crippen LogP contribution in [0.4, 0.5) is 5.82 Å². The van der Waals surface area contributed by atoms with E-state index in [4.69, 9.17) is 5.73 Å². The van der Waals surface area contributed by atoms with E-state index >= 15 is 0 Å². The molecule has 0 saturated heterocycles. The number of hydrogen-bond donors (Lipinski definition) is 2. The summed E-state index contributed by atoms with van der Waals surface area (Å²) in [7, 11) is 0. The predicted molar refractivity (Wildman–Crippen MR) is 52.0 cm³/mol. The molecule has 0 fully saturated rings. The maximum Gasteiger partial charge on any atom is 0.123 e. The number of nitrogens with two attached hydrogens (primary N) is 1. The molecule has 3 N–H and O–H groups in total. The third-order valence-corrected chi connectivity index (χ3v) is 2.62. The molecule has 0 atom stereocenters. The Hall–Kier alpha value is -1.03. The molecule has 0 unspecified atom stereocenters. The molecule has 13 heavy (non-hydrogen) atoms. The summed E-state index contributed by atoms with van der Waals surface area (Å²) < 4.78 is 0. The number of fused-ring (bicyclic) bond motifs is 1. The van der Waals surface area contributed by atoms with Gasteiger partial charge in [-0.25, -0.2) is 0 Å². The van der Waals surface area contributed by atoms with E-state index in [9.17, 15) is 0 Å². The largest absolute Gasteiger partial charge is 0.384 e. The Labute approximate surface area is 78.1 Å². The molecule has 0 aliphatic carbocycles. The molecule has 0 amide bonds. The van der Waals surface area contributed by atoms with Crippen LogP contribution in [0, 0.1) is 0 Å². The first kappa shape index (κ1) is 8.56. The van der Waals surface area contributed by atoms with Gasteiger partial charge < -0.3 is 5.73 Å². The highest BCUT2D eigenvalue weighted by Crippen LogP contribution is 2.30. The molecular weight excluding hydrogens is 164 g/mol. The van der Waals surface area contributed by atoms with Gasteiger partial charge in [0.2, 0.25) is 0 Å². The summed E-state index contributed by atoms with van der Waals surface area (Å²) in [5.41, 5.74) is 8.23. The highest BCUT2D eigenvalue weighted by molar-refractivity contribution is 5.44. The molecule has 0 spiro atoms. The van der Waals surface area contributed by atoms with Crippen LogP contribution in [-0.2, 0) is 13.1 Å². The molecule has 1 aromatic heterocycles. The molecular formula is C9H16N4. The van der Waals surface area contributed by atoms with Gasteiger partial charge in [-0.3, -0.25) is 10.00 Å². The van der Waals surface area contributed by atoms with Gasteiger partial charge in [0, 0.05) is 24.2 Å². The molecule has 2 heterocycles. The smallest absolute Gasteiger partial charge is 0.123 e. The van der Waals surface area contributed by atoms with Crippen molar-refractivity contribution in [1.82, 2.24) is 15.1 Å². The van der Waals surface area contributed by atoms with Crippen LogP contribution in [0.5, 0.6) is 0 Å². The summed E-state index contributed by atoms with van der Waals surface area (Å²) in [5.74, 6) is 0.724. The van der Waals surface area contributed by atoms with E-state index < -0.39 is 0 Å². The maximum atomic E-state index is 5.75.